The molecule has 1 aromatic carbocycles. The fourth-order valence-electron chi connectivity index (χ4n) is 1.60. The summed E-state index contributed by atoms with van der Waals surface area (Å²) in [7, 11) is 0. The summed E-state index contributed by atoms with van der Waals surface area (Å²) in [6.45, 7) is 0. The van der Waals surface area contributed by atoms with Crippen LogP contribution in [0.15, 0.2) is 16.6 Å². The molecule has 2 rings (SSSR count). The SMILES string of the molecule is OC1CCSCc2c(Cl)cc(Br)cc21. The summed E-state index contributed by atoms with van der Waals surface area (Å²) >= 11 is 11.3. The lowest BCUT2D eigenvalue weighted by molar-refractivity contribution is 0.175. The molecule has 0 bridgehead atoms. The van der Waals surface area contributed by atoms with Crippen LogP contribution in [0.1, 0.15) is 23.7 Å². The minimum atomic E-state index is -0.366. The van der Waals surface area contributed by atoms with Crippen LogP contribution >= 0.6 is 39.3 Å². The summed E-state index contributed by atoms with van der Waals surface area (Å²) < 4.78 is 0.937. The van der Waals surface area contributed by atoms with Crippen molar-refractivity contribution in [2.24, 2.45) is 0 Å². The fourth-order valence-corrected chi connectivity index (χ4v) is 3.64. The van der Waals surface area contributed by atoms with Crippen LogP contribution in [0.5, 0.6) is 0 Å². The molecule has 1 atom stereocenters. The summed E-state index contributed by atoms with van der Waals surface area (Å²) in [5.74, 6) is 1.89. The van der Waals surface area contributed by atoms with Crippen molar-refractivity contribution in [1.82, 2.24) is 0 Å². The average Bonchev–Trinajstić information content (AvgIpc) is 2.29. The first-order valence-corrected chi connectivity index (χ1v) is 6.74. The molecule has 1 N–H and O–H groups in total. The number of halogens is 2. The maximum atomic E-state index is 9.90. The Morgan fingerprint density at radius 3 is 3.07 bits per heavy atom. The second-order valence-electron chi connectivity index (χ2n) is 3.31. The zero-order valence-electron chi connectivity index (χ0n) is 7.46. The van der Waals surface area contributed by atoms with Gasteiger partial charge in [-0.15, -0.1) is 0 Å². The van der Waals surface area contributed by atoms with E-state index in [1.165, 1.54) is 0 Å². The lowest BCUT2D eigenvalue weighted by Crippen LogP contribution is -2.00. The Balaban J connectivity index is 2.53. The van der Waals surface area contributed by atoms with Crippen molar-refractivity contribution in [3.05, 3.63) is 32.8 Å². The summed E-state index contributed by atoms with van der Waals surface area (Å²) in [6, 6.07) is 3.86. The molecule has 1 aliphatic rings. The molecule has 0 radical (unpaired) electrons. The van der Waals surface area contributed by atoms with E-state index in [-0.39, 0.29) is 6.10 Å². The van der Waals surface area contributed by atoms with Crippen molar-refractivity contribution >= 4 is 39.3 Å². The third kappa shape index (κ3) is 2.11. The van der Waals surface area contributed by atoms with Gasteiger partial charge in [-0.05, 0) is 35.4 Å². The summed E-state index contributed by atoms with van der Waals surface area (Å²) in [5, 5.41) is 10.7. The second kappa shape index (κ2) is 4.44. The van der Waals surface area contributed by atoms with Crippen molar-refractivity contribution in [3.63, 3.8) is 0 Å². The van der Waals surface area contributed by atoms with E-state index in [2.05, 4.69) is 15.9 Å². The summed E-state index contributed by atoms with van der Waals surface area (Å²) in [5.41, 5.74) is 2.07. The highest BCUT2D eigenvalue weighted by Crippen LogP contribution is 2.36. The van der Waals surface area contributed by atoms with E-state index >= 15 is 0 Å². The number of thioether (sulfide) groups is 1. The monoisotopic (exact) mass is 292 g/mol. The van der Waals surface area contributed by atoms with Gasteiger partial charge in [0, 0.05) is 15.2 Å². The molecule has 1 heterocycles. The fraction of sp³-hybridized carbons (Fsp3) is 0.400. The summed E-state index contributed by atoms with van der Waals surface area (Å²) in [6.07, 6.45) is 0.444. The van der Waals surface area contributed by atoms with Crippen LogP contribution in [0.25, 0.3) is 0 Å². The maximum Gasteiger partial charge on any atom is 0.0801 e. The van der Waals surface area contributed by atoms with Crippen LogP contribution in [0.4, 0.5) is 0 Å². The normalized spacial score (nSPS) is 21.5. The molecule has 1 aromatic rings. The highest BCUT2D eigenvalue weighted by atomic mass is 79.9. The predicted molar refractivity (Wildman–Crippen MR) is 64.9 cm³/mol. The largest absolute Gasteiger partial charge is 0.388 e. The first kappa shape index (κ1) is 10.8. The van der Waals surface area contributed by atoms with E-state index in [0.717, 1.165) is 38.5 Å². The topological polar surface area (TPSA) is 20.2 Å². The van der Waals surface area contributed by atoms with Gasteiger partial charge in [-0.2, -0.15) is 11.8 Å². The van der Waals surface area contributed by atoms with Crippen LogP contribution in [-0.4, -0.2) is 10.9 Å². The van der Waals surface area contributed by atoms with Gasteiger partial charge in [0.25, 0.3) is 0 Å². The standard InChI is InChI=1S/C10H10BrClOS/c11-6-3-7-8(9(12)4-6)5-14-2-1-10(7)13/h3-4,10,13H,1-2,5H2. The Morgan fingerprint density at radius 2 is 2.29 bits per heavy atom. The number of hydrogen-bond donors (Lipinski definition) is 1. The first-order chi connectivity index (χ1) is 6.68. The van der Waals surface area contributed by atoms with Crippen molar-refractivity contribution in [1.29, 1.82) is 0 Å². The maximum absolute atomic E-state index is 9.90. The Kier molecular flexibility index (Phi) is 3.42. The number of hydrogen-bond acceptors (Lipinski definition) is 2. The molecular weight excluding hydrogens is 284 g/mol. The molecule has 0 aliphatic carbocycles. The van der Waals surface area contributed by atoms with Crippen LogP contribution in [-0.2, 0) is 5.75 Å². The molecule has 0 saturated carbocycles. The smallest absolute Gasteiger partial charge is 0.0801 e. The summed E-state index contributed by atoms with van der Waals surface area (Å²) in [4.78, 5) is 0. The zero-order chi connectivity index (χ0) is 10.1. The number of fused-ring (bicyclic) bond motifs is 1. The van der Waals surface area contributed by atoms with Crippen LogP contribution in [0.2, 0.25) is 5.02 Å². The van der Waals surface area contributed by atoms with E-state index in [9.17, 15) is 5.11 Å². The van der Waals surface area contributed by atoms with Gasteiger partial charge in [-0.1, -0.05) is 27.5 Å². The Labute approximate surface area is 101 Å². The van der Waals surface area contributed by atoms with Gasteiger partial charge in [0.15, 0.2) is 0 Å². The van der Waals surface area contributed by atoms with Crippen molar-refractivity contribution in [2.45, 2.75) is 18.3 Å². The number of rotatable bonds is 0. The molecule has 1 unspecified atom stereocenters. The minimum Gasteiger partial charge on any atom is -0.388 e. The van der Waals surface area contributed by atoms with E-state index in [4.69, 9.17) is 11.6 Å². The van der Waals surface area contributed by atoms with Crippen molar-refractivity contribution in [3.8, 4) is 0 Å². The van der Waals surface area contributed by atoms with Gasteiger partial charge in [-0.25, -0.2) is 0 Å². The third-order valence-electron chi connectivity index (χ3n) is 2.34. The lowest BCUT2D eigenvalue weighted by Gasteiger charge is -2.12. The molecule has 76 valence electrons. The second-order valence-corrected chi connectivity index (χ2v) is 5.74. The van der Waals surface area contributed by atoms with Crippen molar-refractivity contribution in [2.75, 3.05) is 5.75 Å². The average molecular weight is 294 g/mol. The van der Waals surface area contributed by atoms with Crippen LogP contribution < -0.4 is 0 Å². The molecule has 0 spiro atoms. The molecule has 0 fully saturated rings. The van der Waals surface area contributed by atoms with Crippen LogP contribution in [0, 0.1) is 0 Å². The number of benzene rings is 1. The molecule has 0 saturated heterocycles. The quantitative estimate of drug-likeness (QED) is 0.786. The molecule has 14 heavy (non-hydrogen) atoms. The van der Waals surface area contributed by atoms with Gasteiger partial charge in [-0.3, -0.25) is 0 Å². The number of aliphatic hydroxyl groups is 1. The van der Waals surface area contributed by atoms with Crippen molar-refractivity contribution < 1.29 is 5.11 Å². The predicted octanol–water partition coefficient (Wildman–Crippen LogP) is 3.77. The highest BCUT2D eigenvalue weighted by Gasteiger charge is 2.19. The molecular formula is C10H10BrClOS. The molecule has 1 aliphatic heterocycles. The molecule has 0 amide bonds. The zero-order valence-corrected chi connectivity index (χ0v) is 10.6. The van der Waals surface area contributed by atoms with E-state index in [1.54, 1.807) is 0 Å². The van der Waals surface area contributed by atoms with Gasteiger partial charge in [0.1, 0.15) is 0 Å². The first-order valence-electron chi connectivity index (χ1n) is 4.42. The van der Waals surface area contributed by atoms with Gasteiger partial charge in [0.2, 0.25) is 0 Å². The Bertz CT molecular complexity index is 356. The lowest BCUT2D eigenvalue weighted by atomic mass is 10.0. The van der Waals surface area contributed by atoms with E-state index in [0.29, 0.717) is 0 Å². The molecule has 1 nitrogen and oxygen atoms in total. The highest BCUT2D eigenvalue weighted by molar-refractivity contribution is 9.10. The Hall–Kier alpha value is 0.300. The third-order valence-corrected chi connectivity index (χ3v) is 4.15. The Morgan fingerprint density at radius 1 is 1.50 bits per heavy atom. The van der Waals surface area contributed by atoms with E-state index < -0.39 is 0 Å². The molecule has 0 aromatic heterocycles. The molecule has 4 heteroatoms. The van der Waals surface area contributed by atoms with E-state index in [1.807, 2.05) is 23.9 Å². The van der Waals surface area contributed by atoms with Gasteiger partial charge < -0.3 is 5.11 Å². The minimum absolute atomic E-state index is 0.366. The number of aliphatic hydroxyl groups excluding tert-OH is 1. The van der Waals surface area contributed by atoms with Gasteiger partial charge >= 0.3 is 0 Å². The van der Waals surface area contributed by atoms with Gasteiger partial charge in [0.05, 0.1) is 6.10 Å². The van der Waals surface area contributed by atoms with Crippen LogP contribution in [0.3, 0.4) is 0 Å².